The lowest BCUT2D eigenvalue weighted by Gasteiger charge is -2.41. The number of hydrogen-bond acceptors (Lipinski definition) is 3. The maximum atomic E-state index is 6.02. The minimum Gasteiger partial charge on any atom is -0.487 e. The average Bonchev–Trinajstić information content (AvgIpc) is 2.27. The Morgan fingerprint density at radius 1 is 1.41 bits per heavy atom. The molecule has 0 saturated heterocycles. The van der Waals surface area contributed by atoms with Crippen molar-refractivity contribution in [3.8, 4) is 5.75 Å². The lowest BCUT2D eigenvalue weighted by molar-refractivity contribution is 0.0381. The molecule has 0 amide bonds. The predicted octanol–water partition coefficient (Wildman–Crippen LogP) is 2.18. The summed E-state index contributed by atoms with van der Waals surface area (Å²) in [7, 11) is 2.13. The summed E-state index contributed by atoms with van der Waals surface area (Å²) in [5.74, 6) is 1.01. The van der Waals surface area contributed by atoms with E-state index in [4.69, 9.17) is 10.5 Å². The molecule has 94 valence electrons. The molecular formula is C14H22N2O. The fraction of sp³-hybridized carbons (Fsp3) is 0.571. The number of ether oxygens (including phenoxy) is 1. The van der Waals surface area contributed by atoms with Gasteiger partial charge in [-0.15, -0.1) is 0 Å². The molecule has 17 heavy (non-hydrogen) atoms. The lowest BCUT2D eigenvalue weighted by atomic mass is 9.89. The summed E-state index contributed by atoms with van der Waals surface area (Å²) in [5.41, 5.74) is 6.82. The summed E-state index contributed by atoms with van der Waals surface area (Å²) in [4.78, 5) is 2.32. The number of nitrogens with zero attached hydrogens (tertiary/aromatic N) is 1. The summed E-state index contributed by atoms with van der Waals surface area (Å²) >= 11 is 0. The van der Waals surface area contributed by atoms with Gasteiger partial charge in [0.25, 0.3) is 0 Å². The van der Waals surface area contributed by atoms with E-state index >= 15 is 0 Å². The maximum absolute atomic E-state index is 6.02. The molecule has 1 heterocycles. The molecule has 3 nitrogen and oxygen atoms in total. The first-order chi connectivity index (χ1) is 8.03. The van der Waals surface area contributed by atoms with Crippen molar-refractivity contribution in [2.45, 2.75) is 31.9 Å². The highest BCUT2D eigenvalue weighted by molar-refractivity contribution is 5.38. The van der Waals surface area contributed by atoms with Crippen LogP contribution in [0.3, 0.4) is 0 Å². The number of rotatable bonds is 3. The molecule has 2 N–H and O–H groups in total. The Labute approximate surface area is 104 Å². The standard InChI is InChI=1S/C14H22N2O/c1-14(2)10-12(16(3)9-8-15)11-6-4-5-7-13(11)17-14/h4-7,12H,8-10,15H2,1-3H3. The zero-order chi connectivity index (χ0) is 12.5. The van der Waals surface area contributed by atoms with E-state index in [1.807, 2.05) is 6.07 Å². The normalized spacial score (nSPS) is 22.1. The van der Waals surface area contributed by atoms with Gasteiger partial charge in [0.05, 0.1) is 0 Å². The third-order valence-electron chi connectivity index (χ3n) is 3.36. The quantitative estimate of drug-likeness (QED) is 0.871. The average molecular weight is 234 g/mol. The number of nitrogens with two attached hydrogens (primary N) is 1. The molecule has 1 aromatic carbocycles. The molecule has 0 fully saturated rings. The SMILES string of the molecule is CN(CCN)C1CC(C)(C)Oc2ccccc21. The van der Waals surface area contributed by atoms with Crippen LogP contribution in [0.1, 0.15) is 31.9 Å². The summed E-state index contributed by atoms with van der Waals surface area (Å²) in [5, 5.41) is 0. The van der Waals surface area contributed by atoms with Crippen LogP contribution in [0.15, 0.2) is 24.3 Å². The lowest BCUT2D eigenvalue weighted by Crippen LogP contribution is -2.41. The molecule has 2 rings (SSSR count). The first-order valence-corrected chi connectivity index (χ1v) is 6.22. The Bertz CT molecular complexity index is 390. The maximum Gasteiger partial charge on any atom is 0.124 e. The van der Waals surface area contributed by atoms with Gasteiger partial charge in [-0.25, -0.2) is 0 Å². The van der Waals surface area contributed by atoms with Crippen LogP contribution in [-0.4, -0.2) is 30.6 Å². The van der Waals surface area contributed by atoms with Crippen molar-refractivity contribution in [2.24, 2.45) is 5.73 Å². The van der Waals surface area contributed by atoms with Crippen molar-refractivity contribution in [1.29, 1.82) is 0 Å². The van der Waals surface area contributed by atoms with Crippen molar-refractivity contribution in [3.05, 3.63) is 29.8 Å². The summed E-state index contributed by atoms with van der Waals surface area (Å²) in [6.07, 6.45) is 1.00. The van der Waals surface area contributed by atoms with E-state index in [1.54, 1.807) is 0 Å². The molecular weight excluding hydrogens is 212 g/mol. The fourth-order valence-electron chi connectivity index (χ4n) is 2.52. The van der Waals surface area contributed by atoms with Gasteiger partial charge in [0, 0.05) is 31.1 Å². The second kappa shape index (κ2) is 4.67. The number of para-hydroxylation sites is 1. The molecule has 1 aliphatic rings. The fourth-order valence-corrected chi connectivity index (χ4v) is 2.52. The minimum atomic E-state index is -0.109. The van der Waals surface area contributed by atoms with Gasteiger partial charge < -0.3 is 10.5 Å². The first kappa shape index (κ1) is 12.4. The van der Waals surface area contributed by atoms with Crippen molar-refractivity contribution in [1.82, 2.24) is 4.90 Å². The summed E-state index contributed by atoms with van der Waals surface area (Å²) in [6.45, 7) is 5.89. The Morgan fingerprint density at radius 3 is 2.82 bits per heavy atom. The summed E-state index contributed by atoms with van der Waals surface area (Å²) in [6, 6.07) is 8.71. The van der Waals surface area contributed by atoms with Crippen LogP contribution < -0.4 is 10.5 Å². The zero-order valence-electron chi connectivity index (χ0n) is 10.9. The van der Waals surface area contributed by atoms with Gasteiger partial charge >= 0.3 is 0 Å². The van der Waals surface area contributed by atoms with Crippen molar-refractivity contribution >= 4 is 0 Å². The Kier molecular flexibility index (Phi) is 3.40. The second-order valence-electron chi connectivity index (χ2n) is 5.39. The smallest absolute Gasteiger partial charge is 0.124 e. The van der Waals surface area contributed by atoms with Crippen molar-refractivity contribution < 1.29 is 4.74 Å². The van der Waals surface area contributed by atoms with E-state index in [0.717, 1.165) is 18.7 Å². The highest BCUT2D eigenvalue weighted by Crippen LogP contribution is 2.41. The van der Waals surface area contributed by atoms with E-state index in [2.05, 4.69) is 44.0 Å². The van der Waals surface area contributed by atoms with Gasteiger partial charge in [-0.3, -0.25) is 4.90 Å². The molecule has 0 bridgehead atoms. The Balaban J connectivity index is 2.32. The number of fused-ring (bicyclic) bond motifs is 1. The van der Waals surface area contributed by atoms with Gasteiger partial charge in [-0.05, 0) is 27.0 Å². The van der Waals surface area contributed by atoms with Crippen LogP contribution in [0.25, 0.3) is 0 Å². The molecule has 1 atom stereocenters. The molecule has 0 aromatic heterocycles. The van der Waals surface area contributed by atoms with Gasteiger partial charge in [-0.2, -0.15) is 0 Å². The number of benzene rings is 1. The highest BCUT2D eigenvalue weighted by atomic mass is 16.5. The van der Waals surface area contributed by atoms with E-state index in [9.17, 15) is 0 Å². The predicted molar refractivity (Wildman–Crippen MR) is 70.2 cm³/mol. The topological polar surface area (TPSA) is 38.5 Å². The van der Waals surface area contributed by atoms with Crippen LogP contribution in [0.5, 0.6) is 5.75 Å². The molecule has 0 saturated carbocycles. The van der Waals surface area contributed by atoms with Crippen LogP contribution >= 0.6 is 0 Å². The molecule has 3 heteroatoms. The number of hydrogen-bond donors (Lipinski definition) is 1. The van der Waals surface area contributed by atoms with Gasteiger partial charge in [-0.1, -0.05) is 18.2 Å². The van der Waals surface area contributed by atoms with Crippen LogP contribution in [0.4, 0.5) is 0 Å². The number of likely N-dealkylation sites (N-methyl/N-ethyl adjacent to an activating group) is 1. The third-order valence-corrected chi connectivity index (χ3v) is 3.36. The molecule has 0 aliphatic carbocycles. The largest absolute Gasteiger partial charge is 0.487 e. The van der Waals surface area contributed by atoms with Gasteiger partial charge in [0.15, 0.2) is 0 Å². The molecule has 1 unspecified atom stereocenters. The third kappa shape index (κ3) is 2.61. The van der Waals surface area contributed by atoms with E-state index in [1.165, 1.54) is 5.56 Å². The van der Waals surface area contributed by atoms with Gasteiger partial charge in [0.1, 0.15) is 11.4 Å². The van der Waals surface area contributed by atoms with Crippen molar-refractivity contribution in [3.63, 3.8) is 0 Å². The second-order valence-corrected chi connectivity index (χ2v) is 5.39. The van der Waals surface area contributed by atoms with E-state index in [0.29, 0.717) is 12.6 Å². The van der Waals surface area contributed by atoms with Crippen molar-refractivity contribution in [2.75, 3.05) is 20.1 Å². The summed E-state index contributed by atoms with van der Waals surface area (Å²) < 4.78 is 6.02. The minimum absolute atomic E-state index is 0.109. The van der Waals surface area contributed by atoms with Crippen LogP contribution in [-0.2, 0) is 0 Å². The van der Waals surface area contributed by atoms with Crippen LogP contribution in [0.2, 0.25) is 0 Å². The Morgan fingerprint density at radius 2 is 2.12 bits per heavy atom. The molecule has 0 spiro atoms. The first-order valence-electron chi connectivity index (χ1n) is 6.22. The highest BCUT2D eigenvalue weighted by Gasteiger charge is 2.35. The monoisotopic (exact) mass is 234 g/mol. The zero-order valence-corrected chi connectivity index (χ0v) is 10.9. The molecule has 1 aromatic rings. The molecule has 1 aliphatic heterocycles. The Hall–Kier alpha value is -1.06. The van der Waals surface area contributed by atoms with E-state index < -0.39 is 0 Å². The van der Waals surface area contributed by atoms with E-state index in [-0.39, 0.29) is 5.60 Å². The van der Waals surface area contributed by atoms with Crippen LogP contribution in [0, 0.1) is 0 Å². The van der Waals surface area contributed by atoms with Gasteiger partial charge in [0.2, 0.25) is 0 Å². The molecule has 0 radical (unpaired) electrons.